The van der Waals surface area contributed by atoms with Gasteiger partial charge in [0, 0.05) is 0 Å². The topological polar surface area (TPSA) is 0 Å². The van der Waals surface area contributed by atoms with Gasteiger partial charge >= 0.3 is 327 Å². The maximum atomic E-state index is 12.6. The number of hydrogen-bond donors (Lipinski definition) is 0. The van der Waals surface area contributed by atoms with Crippen molar-refractivity contribution in [2.24, 2.45) is 0 Å². The molecule has 0 fully saturated rings. The second kappa shape index (κ2) is 23.2. The molecule has 0 saturated carbocycles. The molecule has 6 rings (SSSR count). The van der Waals surface area contributed by atoms with Crippen LogP contribution in [0.5, 0.6) is 0 Å². The van der Waals surface area contributed by atoms with Crippen LogP contribution in [0.25, 0.3) is 0 Å². The molecular formula is C47H56F2I3-3. The minimum atomic E-state index is -0.330. The van der Waals surface area contributed by atoms with Crippen molar-refractivity contribution < 1.29 is 72.4 Å². The van der Waals surface area contributed by atoms with E-state index in [-0.39, 0.29) is 108 Å². The van der Waals surface area contributed by atoms with Gasteiger partial charge < -0.3 is 0 Å². The molecule has 0 aromatic heterocycles. The molecule has 0 aliphatic carbocycles. The SMILES string of the molecule is C.C.C.CC(C)(C)c1ccc([I-]c2ccc(C(C)(C)C)cc2)cc1.Fc1ccc([I-]c2ccc(F)cc2)cc1.c1ccc([I-]c2ccccc2)cc1. The Labute approximate surface area is 345 Å². The van der Waals surface area contributed by atoms with Crippen molar-refractivity contribution in [2.75, 3.05) is 0 Å². The first kappa shape index (κ1) is 47.4. The van der Waals surface area contributed by atoms with Crippen molar-refractivity contribution in [3.63, 3.8) is 0 Å². The average molecular weight is 1040 g/mol. The zero-order valence-electron chi connectivity index (χ0n) is 28.9. The molecule has 0 saturated heterocycles. The van der Waals surface area contributed by atoms with Gasteiger partial charge in [-0.05, 0) is 0 Å². The number of hydrogen-bond acceptors (Lipinski definition) is 0. The van der Waals surface area contributed by atoms with Crippen molar-refractivity contribution in [3.8, 4) is 0 Å². The van der Waals surface area contributed by atoms with E-state index >= 15 is 0 Å². The second-order valence-corrected chi connectivity index (χ2v) is 22.4. The van der Waals surface area contributed by atoms with Crippen LogP contribution in [-0.4, -0.2) is 0 Å². The summed E-state index contributed by atoms with van der Waals surface area (Å²) >= 11 is -0.372. The van der Waals surface area contributed by atoms with Crippen LogP contribution in [0.4, 0.5) is 8.78 Å². The normalized spacial score (nSPS) is 10.7. The van der Waals surface area contributed by atoms with Gasteiger partial charge in [0.05, 0.1) is 0 Å². The summed E-state index contributed by atoms with van der Waals surface area (Å²) in [5, 5.41) is 0. The third-order valence-corrected chi connectivity index (χ3v) is 15.2. The van der Waals surface area contributed by atoms with E-state index in [0.29, 0.717) is 0 Å². The third-order valence-electron chi connectivity index (χ3n) is 7.15. The first-order chi connectivity index (χ1) is 23.3. The quantitative estimate of drug-likeness (QED) is 0.220. The monoisotopic (exact) mass is 1040 g/mol. The molecular weight excluding hydrogens is 983 g/mol. The standard InChI is InChI=1S/C20H26I.C12H8F2I.C12H10I.3CH4/c1-19(2,3)15-7-11-17(12-8-15)21-18-13-9-16(10-14-18)20(4,5)6;13-9-1-5-11(6-2-9)15-12-7-3-10(14)4-8-12;1-3-7-11(8-4-1)13-12-9-5-2-6-10-12;;;/h7-14H,1-6H3;1-8H;1-10H;3*1H4/q3*-1;;;. The zero-order chi connectivity index (χ0) is 35.3. The van der Waals surface area contributed by atoms with Crippen LogP contribution in [0.15, 0.2) is 158 Å². The van der Waals surface area contributed by atoms with E-state index in [4.69, 9.17) is 0 Å². The van der Waals surface area contributed by atoms with Gasteiger partial charge in [-0.2, -0.15) is 0 Å². The first-order valence-electron chi connectivity index (χ1n) is 16.1. The second-order valence-electron chi connectivity index (χ2n) is 13.3. The molecule has 0 atom stereocenters. The third kappa shape index (κ3) is 17.0. The van der Waals surface area contributed by atoms with E-state index in [0.717, 1.165) is 7.14 Å². The number of halogens is 5. The molecule has 282 valence electrons. The molecule has 5 heteroatoms. The van der Waals surface area contributed by atoms with Crippen molar-refractivity contribution in [1.82, 2.24) is 0 Å². The van der Waals surface area contributed by atoms with Crippen LogP contribution in [0, 0.1) is 33.1 Å². The summed E-state index contributed by atoms with van der Waals surface area (Å²) in [7, 11) is 0. The van der Waals surface area contributed by atoms with Gasteiger partial charge in [0.15, 0.2) is 0 Å². The molecule has 6 aromatic rings. The predicted octanol–water partition coefficient (Wildman–Crippen LogP) is 4.23. The van der Waals surface area contributed by atoms with Gasteiger partial charge in [-0.3, -0.25) is 0 Å². The summed E-state index contributed by atoms with van der Waals surface area (Å²) in [6, 6.07) is 52.8. The molecule has 0 spiro atoms. The van der Waals surface area contributed by atoms with Crippen LogP contribution >= 0.6 is 0 Å². The van der Waals surface area contributed by atoms with Gasteiger partial charge in [0.1, 0.15) is 0 Å². The molecule has 52 heavy (non-hydrogen) atoms. The summed E-state index contributed by atoms with van der Waals surface area (Å²) in [6.07, 6.45) is 0. The zero-order valence-corrected chi connectivity index (χ0v) is 35.4. The molecule has 0 aliphatic rings. The van der Waals surface area contributed by atoms with E-state index in [2.05, 4.69) is 151 Å². The first-order valence-corrected chi connectivity index (χ1v) is 22.6. The Kier molecular flexibility index (Phi) is 21.2. The van der Waals surface area contributed by atoms with Crippen LogP contribution in [0.3, 0.4) is 0 Å². The summed E-state index contributed by atoms with van der Waals surface area (Å²) in [5.74, 6) is -0.441. The van der Waals surface area contributed by atoms with E-state index in [1.807, 2.05) is 0 Å². The Balaban J connectivity index is 0.000000390. The van der Waals surface area contributed by atoms with E-state index in [9.17, 15) is 8.78 Å². The van der Waals surface area contributed by atoms with E-state index < -0.39 is 0 Å². The van der Waals surface area contributed by atoms with Gasteiger partial charge in [-0.1, -0.05) is 22.3 Å². The molecule has 0 N–H and O–H groups in total. The molecule has 0 radical (unpaired) electrons. The predicted molar refractivity (Wildman–Crippen MR) is 208 cm³/mol. The van der Waals surface area contributed by atoms with E-state index in [1.54, 1.807) is 24.3 Å². The Morgan fingerprint density at radius 2 is 0.519 bits per heavy atom. The molecule has 0 amide bonds. The van der Waals surface area contributed by atoms with E-state index in [1.165, 1.54) is 49.7 Å². The summed E-state index contributed by atoms with van der Waals surface area (Å²) in [5.41, 5.74) is 3.31. The minimum absolute atomic E-state index is 0. The van der Waals surface area contributed by atoms with Gasteiger partial charge in [0.2, 0.25) is 0 Å². The summed E-state index contributed by atoms with van der Waals surface area (Å²) in [4.78, 5) is 0. The van der Waals surface area contributed by atoms with Gasteiger partial charge in [-0.25, -0.2) is 0 Å². The molecule has 6 aromatic carbocycles. The van der Waals surface area contributed by atoms with Crippen LogP contribution in [0.2, 0.25) is 0 Å². The Morgan fingerprint density at radius 1 is 0.308 bits per heavy atom. The van der Waals surface area contributed by atoms with Crippen LogP contribution < -0.4 is 63.6 Å². The molecule has 0 unspecified atom stereocenters. The Hall–Kier alpha value is -2.63. The summed E-state index contributed by atoms with van der Waals surface area (Å²) in [6.45, 7) is 13.6. The van der Waals surface area contributed by atoms with Crippen molar-refractivity contribution >= 4 is 0 Å². The molecule has 0 aliphatic heterocycles. The average Bonchev–Trinajstić information content (AvgIpc) is 3.08. The Bertz CT molecular complexity index is 1670. The fourth-order valence-electron chi connectivity index (χ4n) is 4.34. The maximum absolute atomic E-state index is 12.6. The Morgan fingerprint density at radius 3 is 0.750 bits per heavy atom. The van der Waals surface area contributed by atoms with Crippen molar-refractivity contribution in [1.29, 1.82) is 0 Å². The van der Waals surface area contributed by atoms with Gasteiger partial charge in [-0.15, -0.1) is 0 Å². The number of rotatable bonds is 6. The fraction of sp³-hybridized carbons (Fsp3) is 0.234. The van der Waals surface area contributed by atoms with Crippen LogP contribution in [-0.2, 0) is 10.8 Å². The summed E-state index contributed by atoms with van der Waals surface area (Å²) < 4.78 is 33.5. The molecule has 0 heterocycles. The fourth-order valence-corrected chi connectivity index (χ4v) is 10.9. The molecule has 0 bridgehead atoms. The van der Waals surface area contributed by atoms with Crippen molar-refractivity contribution in [3.05, 3.63) is 202 Å². The molecule has 0 nitrogen and oxygen atoms in total. The number of benzene rings is 6. The van der Waals surface area contributed by atoms with Crippen LogP contribution in [0.1, 0.15) is 74.9 Å². The van der Waals surface area contributed by atoms with Gasteiger partial charge in [0.25, 0.3) is 0 Å². The van der Waals surface area contributed by atoms with Crippen molar-refractivity contribution in [2.45, 2.75) is 74.7 Å².